The highest BCUT2D eigenvalue weighted by molar-refractivity contribution is 6.77. The number of alkyl halides is 3. The molecule has 0 aliphatic carbocycles. The summed E-state index contributed by atoms with van der Waals surface area (Å²) in [6.07, 6.45) is 1.17. The second kappa shape index (κ2) is 4.60. The van der Waals surface area contributed by atoms with Crippen LogP contribution in [0.25, 0.3) is 0 Å². The van der Waals surface area contributed by atoms with Crippen molar-refractivity contribution in [2.24, 2.45) is 0 Å². The van der Waals surface area contributed by atoms with Gasteiger partial charge in [-0.1, -0.05) is 34.8 Å². The molecule has 0 aromatic heterocycles. The molecule has 1 heterocycles. The third-order valence-corrected chi connectivity index (χ3v) is 2.41. The number of hydrogen-bond acceptors (Lipinski definition) is 3. The van der Waals surface area contributed by atoms with Gasteiger partial charge in [-0.15, -0.1) is 0 Å². The first-order valence-electron chi connectivity index (χ1n) is 4.03. The summed E-state index contributed by atoms with van der Waals surface area (Å²) < 4.78 is 2.51. The molecule has 15 heavy (non-hydrogen) atoms. The van der Waals surface area contributed by atoms with Crippen molar-refractivity contribution in [2.45, 2.75) is 10.2 Å². The molecule has 0 aromatic carbocycles. The summed E-state index contributed by atoms with van der Waals surface area (Å²) in [7, 11) is 1.25. The zero-order chi connectivity index (χ0) is 11.6. The Labute approximate surface area is 102 Å². The number of carbonyl (C=O) groups is 2. The number of rotatable bonds is 1. The molecule has 0 saturated carbocycles. The fourth-order valence-corrected chi connectivity index (χ4v) is 1.54. The maximum atomic E-state index is 11.5. The van der Waals surface area contributed by atoms with Crippen molar-refractivity contribution in [1.29, 1.82) is 0 Å². The number of amides is 1. The minimum atomic E-state index is -1.97. The first-order chi connectivity index (χ1) is 6.86. The molecular formula is C8H8Cl3NO3. The zero-order valence-electron chi connectivity index (χ0n) is 7.80. The molecular weight excluding hydrogens is 264 g/mol. The largest absolute Gasteiger partial charge is 0.452 e. The minimum absolute atomic E-state index is 0.306. The summed E-state index contributed by atoms with van der Waals surface area (Å²) in [5.74, 6) is -0.612. The van der Waals surface area contributed by atoms with Crippen LogP contribution in [-0.4, -0.2) is 34.2 Å². The Morgan fingerprint density at radius 1 is 1.47 bits per heavy atom. The van der Waals surface area contributed by atoms with E-state index in [2.05, 4.69) is 4.74 Å². The highest BCUT2D eigenvalue weighted by atomic mass is 35.6. The number of carbonyl (C=O) groups excluding carboxylic acids is 2. The Hall–Kier alpha value is -0.450. The molecule has 7 heteroatoms. The first-order valence-corrected chi connectivity index (χ1v) is 5.16. The second-order valence-corrected chi connectivity index (χ2v) is 5.18. The van der Waals surface area contributed by atoms with Crippen molar-refractivity contribution < 1.29 is 14.3 Å². The third-order valence-electron chi connectivity index (χ3n) is 1.89. The molecule has 0 unspecified atom stereocenters. The maximum absolute atomic E-state index is 11.5. The molecule has 0 N–H and O–H groups in total. The van der Waals surface area contributed by atoms with Gasteiger partial charge in [0.05, 0.1) is 7.11 Å². The van der Waals surface area contributed by atoms with Crippen molar-refractivity contribution in [3.05, 3.63) is 11.8 Å². The van der Waals surface area contributed by atoms with Gasteiger partial charge in [0.1, 0.15) is 0 Å². The van der Waals surface area contributed by atoms with Crippen molar-refractivity contribution in [2.75, 3.05) is 13.7 Å². The highest BCUT2D eigenvalue weighted by Crippen LogP contribution is 2.32. The van der Waals surface area contributed by atoms with Gasteiger partial charge in [0.25, 0.3) is 3.79 Å². The molecule has 0 saturated heterocycles. The van der Waals surface area contributed by atoms with E-state index >= 15 is 0 Å². The monoisotopic (exact) mass is 271 g/mol. The Morgan fingerprint density at radius 3 is 2.53 bits per heavy atom. The molecule has 0 radical (unpaired) electrons. The topological polar surface area (TPSA) is 46.6 Å². The van der Waals surface area contributed by atoms with Crippen LogP contribution >= 0.6 is 34.8 Å². The lowest BCUT2D eigenvalue weighted by Crippen LogP contribution is -2.23. The van der Waals surface area contributed by atoms with E-state index in [0.717, 1.165) is 0 Å². The van der Waals surface area contributed by atoms with E-state index in [-0.39, 0.29) is 0 Å². The van der Waals surface area contributed by atoms with Gasteiger partial charge in [-0.3, -0.25) is 9.69 Å². The molecule has 0 spiro atoms. The van der Waals surface area contributed by atoms with Crippen LogP contribution in [0, 0.1) is 0 Å². The van der Waals surface area contributed by atoms with Crippen LogP contribution in [0.4, 0.5) is 4.79 Å². The first kappa shape index (κ1) is 12.6. The van der Waals surface area contributed by atoms with E-state index in [1.807, 2.05) is 0 Å². The van der Waals surface area contributed by atoms with Gasteiger partial charge in [-0.2, -0.15) is 0 Å². The lowest BCUT2D eigenvalue weighted by atomic mass is 10.2. The summed E-state index contributed by atoms with van der Waals surface area (Å²) in [4.78, 5) is 23.8. The molecule has 0 bridgehead atoms. The van der Waals surface area contributed by atoms with Crippen LogP contribution in [0.5, 0.6) is 0 Å². The number of methoxy groups -OCH3 is 1. The molecule has 1 rings (SSSR count). The van der Waals surface area contributed by atoms with E-state index in [0.29, 0.717) is 18.5 Å². The number of ketones is 1. The molecule has 1 amide bonds. The predicted octanol–water partition coefficient (Wildman–Crippen LogP) is 2.28. The standard InChI is InChI=1S/C8H8Cl3NO3/c1-15-7(14)12-3-2-5(4-12)6(13)8(9,10)11/h4H,2-3H2,1H3. The Balaban J connectivity index is 2.76. The summed E-state index contributed by atoms with van der Waals surface area (Å²) in [5, 5.41) is 0. The zero-order valence-corrected chi connectivity index (χ0v) is 10.1. The second-order valence-electron chi connectivity index (χ2n) is 2.89. The molecule has 0 atom stereocenters. The van der Waals surface area contributed by atoms with Gasteiger partial charge in [0.15, 0.2) is 0 Å². The smallest absolute Gasteiger partial charge is 0.413 e. The van der Waals surface area contributed by atoms with Gasteiger partial charge < -0.3 is 4.74 Å². The van der Waals surface area contributed by atoms with E-state index < -0.39 is 15.7 Å². The lowest BCUT2D eigenvalue weighted by Gasteiger charge is -2.09. The van der Waals surface area contributed by atoms with E-state index in [1.54, 1.807) is 0 Å². The lowest BCUT2D eigenvalue weighted by molar-refractivity contribution is -0.114. The van der Waals surface area contributed by atoms with Crippen LogP contribution in [0.15, 0.2) is 11.8 Å². The Morgan fingerprint density at radius 2 is 2.07 bits per heavy atom. The van der Waals surface area contributed by atoms with Crippen LogP contribution in [-0.2, 0) is 9.53 Å². The average molecular weight is 273 g/mol. The third kappa shape index (κ3) is 3.00. The molecule has 0 fully saturated rings. The summed E-state index contributed by atoms with van der Waals surface area (Å²) in [6.45, 7) is 0.356. The minimum Gasteiger partial charge on any atom is -0.452 e. The van der Waals surface area contributed by atoms with Gasteiger partial charge in [-0.05, 0) is 6.42 Å². The maximum Gasteiger partial charge on any atom is 0.413 e. The number of Topliss-reactive ketones (excluding diaryl/α,β-unsaturated/α-hetero) is 1. The summed E-state index contributed by atoms with van der Waals surface area (Å²) in [6, 6.07) is 0. The van der Waals surface area contributed by atoms with Gasteiger partial charge in [0.2, 0.25) is 5.78 Å². The van der Waals surface area contributed by atoms with Crippen molar-refractivity contribution >= 4 is 46.7 Å². The van der Waals surface area contributed by atoms with Crippen molar-refractivity contribution in [3.63, 3.8) is 0 Å². The number of hydrogen-bond donors (Lipinski definition) is 0. The highest BCUT2D eigenvalue weighted by Gasteiger charge is 2.35. The van der Waals surface area contributed by atoms with Gasteiger partial charge in [0, 0.05) is 18.3 Å². The quantitative estimate of drug-likeness (QED) is 0.688. The average Bonchev–Trinajstić information content (AvgIpc) is 2.62. The number of nitrogens with zero attached hydrogens (tertiary/aromatic N) is 1. The van der Waals surface area contributed by atoms with Crippen LogP contribution < -0.4 is 0 Å². The van der Waals surface area contributed by atoms with E-state index in [4.69, 9.17) is 34.8 Å². The van der Waals surface area contributed by atoms with Gasteiger partial charge >= 0.3 is 6.09 Å². The van der Waals surface area contributed by atoms with E-state index in [1.165, 1.54) is 18.2 Å². The van der Waals surface area contributed by atoms with Crippen LogP contribution in [0.2, 0.25) is 0 Å². The molecule has 1 aliphatic rings. The van der Waals surface area contributed by atoms with Crippen molar-refractivity contribution in [1.82, 2.24) is 4.90 Å². The van der Waals surface area contributed by atoms with E-state index in [9.17, 15) is 9.59 Å². The molecule has 0 aromatic rings. The number of halogens is 3. The van der Waals surface area contributed by atoms with Crippen LogP contribution in [0.3, 0.4) is 0 Å². The van der Waals surface area contributed by atoms with Crippen molar-refractivity contribution in [3.8, 4) is 0 Å². The van der Waals surface area contributed by atoms with Crippen LogP contribution in [0.1, 0.15) is 6.42 Å². The molecule has 84 valence electrons. The molecule has 4 nitrogen and oxygen atoms in total. The number of ether oxygens (including phenoxy) is 1. The SMILES string of the molecule is COC(=O)N1C=C(C(=O)C(Cl)(Cl)Cl)CC1. The fraction of sp³-hybridized carbons (Fsp3) is 0.500. The Bertz CT molecular complexity index is 322. The Kier molecular flexibility index (Phi) is 3.87. The van der Waals surface area contributed by atoms with Gasteiger partial charge in [-0.25, -0.2) is 4.79 Å². The normalized spacial score (nSPS) is 16.3. The fourth-order valence-electron chi connectivity index (χ4n) is 1.17. The summed E-state index contributed by atoms with van der Waals surface area (Å²) >= 11 is 16.3. The molecule has 1 aliphatic heterocycles. The summed E-state index contributed by atoms with van der Waals surface area (Å²) in [5.41, 5.74) is 0.306. The predicted molar refractivity (Wildman–Crippen MR) is 57.1 cm³/mol.